The molecule has 94 valence electrons. The zero-order valence-corrected chi connectivity index (χ0v) is 8.78. The molecule has 2 heterocycles. The third kappa shape index (κ3) is 2.12. The highest BCUT2D eigenvalue weighted by molar-refractivity contribution is 5.43. The molecule has 17 heavy (non-hydrogen) atoms. The van der Waals surface area contributed by atoms with E-state index in [2.05, 4.69) is 10.2 Å². The molecule has 0 spiro atoms. The van der Waals surface area contributed by atoms with Gasteiger partial charge in [0.15, 0.2) is 11.4 Å². The number of aliphatic hydroxyl groups is 1. The Hall–Kier alpha value is -1.57. The number of rotatable bonds is 1. The molecule has 0 saturated carbocycles. The SMILES string of the molecule is Nc1ccc(N2CCC(O)(C(F)(F)F)C2)nn1. The third-order valence-corrected chi connectivity index (χ3v) is 2.77. The molecule has 1 aliphatic rings. The summed E-state index contributed by atoms with van der Waals surface area (Å²) in [7, 11) is 0. The summed E-state index contributed by atoms with van der Waals surface area (Å²) in [5.41, 5.74) is 2.66. The van der Waals surface area contributed by atoms with Gasteiger partial charge in [-0.3, -0.25) is 0 Å². The van der Waals surface area contributed by atoms with Crippen LogP contribution < -0.4 is 10.6 Å². The average molecular weight is 248 g/mol. The number of nitrogens with zero attached hydrogens (tertiary/aromatic N) is 3. The number of hydrogen-bond acceptors (Lipinski definition) is 5. The Bertz CT molecular complexity index is 408. The predicted molar refractivity (Wildman–Crippen MR) is 54.3 cm³/mol. The van der Waals surface area contributed by atoms with Gasteiger partial charge in [-0.2, -0.15) is 13.2 Å². The van der Waals surface area contributed by atoms with Crippen LogP contribution in [0.5, 0.6) is 0 Å². The molecule has 1 fully saturated rings. The van der Waals surface area contributed by atoms with E-state index >= 15 is 0 Å². The Morgan fingerprint density at radius 3 is 2.53 bits per heavy atom. The van der Waals surface area contributed by atoms with Crippen LogP contribution in [0.4, 0.5) is 24.8 Å². The molecule has 0 aliphatic carbocycles. The first-order valence-corrected chi connectivity index (χ1v) is 4.95. The lowest BCUT2D eigenvalue weighted by atomic mass is 10.0. The summed E-state index contributed by atoms with van der Waals surface area (Å²) < 4.78 is 37.7. The molecule has 1 aromatic heterocycles. The minimum Gasteiger partial charge on any atom is -0.382 e. The van der Waals surface area contributed by atoms with Crippen LogP contribution in [0, 0.1) is 0 Å². The van der Waals surface area contributed by atoms with Crippen molar-refractivity contribution in [1.29, 1.82) is 0 Å². The molecule has 3 N–H and O–H groups in total. The molecule has 0 amide bonds. The van der Waals surface area contributed by atoms with Crippen LogP contribution in [0.3, 0.4) is 0 Å². The number of nitrogens with two attached hydrogens (primary N) is 1. The molecule has 1 unspecified atom stereocenters. The molecule has 0 aromatic carbocycles. The lowest BCUT2D eigenvalue weighted by molar-refractivity contribution is -0.250. The molecule has 1 atom stereocenters. The molecule has 0 bridgehead atoms. The summed E-state index contributed by atoms with van der Waals surface area (Å²) in [6.45, 7) is -0.455. The Labute approximate surface area is 95.0 Å². The summed E-state index contributed by atoms with van der Waals surface area (Å²) in [4.78, 5) is 1.33. The van der Waals surface area contributed by atoms with Gasteiger partial charge in [0, 0.05) is 13.0 Å². The second-order valence-corrected chi connectivity index (χ2v) is 4.02. The van der Waals surface area contributed by atoms with Crippen molar-refractivity contribution in [2.75, 3.05) is 23.7 Å². The number of halogens is 3. The van der Waals surface area contributed by atoms with Crippen LogP contribution >= 0.6 is 0 Å². The highest BCUT2D eigenvalue weighted by atomic mass is 19.4. The predicted octanol–water partition coefficient (Wildman–Crippen LogP) is 0.562. The number of anilines is 2. The maximum Gasteiger partial charge on any atom is 0.418 e. The van der Waals surface area contributed by atoms with Crippen LogP contribution in [-0.4, -0.2) is 40.2 Å². The van der Waals surface area contributed by atoms with E-state index in [0.29, 0.717) is 0 Å². The second-order valence-electron chi connectivity index (χ2n) is 4.02. The van der Waals surface area contributed by atoms with Gasteiger partial charge in [-0.1, -0.05) is 0 Å². The second kappa shape index (κ2) is 3.73. The Balaban J connectivity index is 2.15. The molecule has 5 nitrogen and oxygen atoms in total. The van der Waals surface area contributed by atoms with Crippen molar-refractivity contribution in [1.82, 2.24) is 10.2 Å². The minimum atomic E-state index is -4.64. The minimum absolute atomic E-state index is 0.0780. The van der Waals surface area contributed by atoms with Gasteiger partial charge in [-0.05, 0) is 12.1 Å². The molecule has 1 aliphatic heterocycles. The Morgan fingerprint density at radius 2 is 2.06 bits per heavy atom. The fourth-order valence-corrected chi connectivity index (χ4v) is 1.72. The van der Waals surface area contributed by atoms with Crippen molar-refractivity contribution in [2.45, 2.75) is 18.2 Å². The largest absolute Gasteiger partial charge is 0.418 e. The molecule has 0 radical (unpaired) electrons. The van der Waals surface area contributed by atoms with E-state index in [1.165, 1.54) is 17.0 Å². The van der Waals surface area contributed by atoms with Gasteiger partial charge in [0.1, 0.15) is 5.82 Å². The van der Waals surface area contributed by atoms with E-state index < -0.39 is 18.3 Å². The smallest absolute Gasteiger partial charge is 0.382 e. The van der Waals surface area contributed by atoms with Gasteiger partial charge < -0.3 is 15.7 Å². The maximum absolute atomic E-state index is 12.6. The van der Waals surface area contributed by atoms with E-state index in [1.54, 1.807) is 0 Å². The molecule has 1 aromatic rings. The first-order chi connectivity index (χ1) is 7.82. The fraction of sp³-hybridized carbons (Fsp3) is 0.556. The lowest BCUT2D eigenvalue weighted by Crippen LogP contribution is -2.47. The molecule has 1 saturated heterocycles. The van der Waals surface area contributed by atoms with Gasteiger partial charge in [0.25, 0.3) is 0 Å². The number of β-amino-alcohol motifs (C(OH)–C–C–N with tert-alkyl or cyclic N) is 1. The fourth-order valence-electron chi connectivity index (χ4n) is 1.72. The summed E-state index contributed by atoms with van der Waals surface area (Å²) in [6.07, 6.45) is -5.01. The summed E-state index contributed by atoms with van der Waals surface area (Å²) >= 11 is 0. The highest BCUT2D eigenvalue weighted by Crippen LogP contribution is 2.38. The highest BCUT2D eigenvalue weighted by Gasteiger charge is 2.57. The zero-order chi connectivity index (χ0) is 12.7. The lowest BCUT2D eigenvalue weighted by Gasteiger charge is -2.26. The number of nitrogen functional groups attached to an aromatic ring is 1. The summed E-state index contributed by atoms with van der Waals surface area (Å²) in [5, 5.41) is 16.7. The van der Waals surface area contributed by atoms with E-state index in [-0.39, 0.29) is 24.6 Å². The van der Waals surface area contributed by atoms with Crippen molar-refractivity contribution >= 4 is 11.6 Å². The van der Waals surface area contributed by atoms with Gasteiger partial charge in [0.2, 0.25) is 0 Å². The molecular weight excluding hydrogens is 237 g/mol. The zero-order valence-electron chi connectivity index (χ0n) is 8.78. The first kappa shape index (κ1) is 11.9. The number of aromatic nitrogens is 2. The van der Waals surface area contributed by atoms with Crippen LogP contribution in [0.15, 0.2) is 12.1 Å². The normalized spacial score (nSPS) is 25.3. The maximum atomic E-state index is 12.6. The van der Waals surface area contributed by atoms with Gasteiger partial charge in [-0.25, -0.2) is 0 Å². The topological polar surface area (TPSA) is 75.3 Å². The Morgan fingerprint density at radius 1 is 1.35 bits per heavy atom. The quantitative estimate of drug-likeness (QED) is 0.759. The Kier molecular flexibility index (Phi) is 2.61. The van der Waals surface area contributed by atoms with Crippen molar-refractivity contribution in [3.05, 3.63) is 12.1 Å². The van der Waals surface area contributed by atoms with Crippen molar-refractivity contribution in [2.24, 2.45) is 0 Å². The van der Waals surface area contributed by atoms with Gasteiger partial charge >= 0.3 is 6.18 Å². The first-order valence-electron chi connectivity index (χ1n) is 4.95. The van der Waals surface area contributed by atoms with Crippen molar-refractivity contribution in [3.63, 3.8) is 0 Å². The van der Waals surface area contributed by atoms with Crippen LogP contribution in [0.1, 0.15) is 6.42 Å². The van der Waals surface area contributed by atoms with E-state index in [0.717, 1.165) is 0 Å². The molecule has 8 heteroatoms. The monoisotopic (exact) mass is 248 g/mol. The summed E-state index contributed by atoms with van der Waals surface area (Å²) in [5.74, 6) is 0.471. The third-order valence-electron chi connectivity index (χ3n) is 2.77. The van der Waals surface area contributed by atoms with Gasteiger partial charge in [-0.15, -0.1) is 10.2 Å². The van der Waals surface area contributed by atoms with Crippen molar-refractivity contribution < 1.29 is 18.3 Å². The summed E-state index contributed by atoms with van der Waals surface area (Å²) in [6, 6.07) is 2.93. The van der Waals surface area contributed by atoms with Crippen LogP contribution in [0.25, 0.3) is 0 Å². The standard InChI is InChI=1S/C9H11F3N4O/c10-9(11,12)8(17)3-4-16(5-8)7-2-1-6(13)14-15-7/h1-2,17H,3-5H2,(H2,13,14). The average Bonchev–Trinajstić information content (AvgIpc) is 2.63. The number of alkyl halides is 3. The molecular formula is C9H11F3N4O. The van der Waals surface area contributed by atoms with Crippen LogP contribution in [-0.2, 0) is 0 Å². The van der Waals surface area contributed by atoms with Gasteiger partial charge in [0.05, 0.1) is 6.54 Å². The number of hydrogen-bond donors (Lipinski definition) is 2. The van der Waals surface area contributed by atoms with E-state index in [1.807, 2.05) is 0 Å². The van der Waals surface area contributed by atoms with Crippen LogP contribution in [0.2, 0.25) is 0 Å². The molecule has 2 rings (SSSR count). The van der Waals surface area contributed by atoms with Crippen molar-refractivity contribution in [3.8, 4) is 0 Å². The van der Waals surface area contributed by atoms with E-state index in [9.17, 15) is 18.3 Å². The van der Waals surface area contributed by atoms with E-state index in [4.69, 9.17) is 5.73 Å².